The van der Waals surface area contributed by atoms with Gasteiger partial charge in [0.05, 0.1) is 16.0 Å². The summed E-state index contributed by atoms with van der Waals surface area (Å²) in [6.07, 6.45) is 1.35. The van der Waals surface area contributed by atoms with Gasteiger partial charge in [0.15, 0.2) is 0 Å². The van der Waals surface area contributed by atoms with Gasteiger partial charge in [-0.25, -0.2) is 0 Å². The second kappa shape index (κ2) is 8.76. The first-order valence-electron chi connectivity index (χ1n) is 9.04. The lowest BCUT2D eigenvalue weighted by atomic mass is 9.95. The molecule has 0 spiro atoms. The minimum atomic E-state index is -0.109. The van der Waals surface area contributed by atoms with E-state index in [4.69, 9.17) is 16.3 Å². The molecule has 144 valence electrons. The molecule has 7 heteroatoms. The minimum absolute atomic E-state index is 0.0324. The first-order chi connectivity index (χ1) is 12.9. The molecule has 1 aliphatic rings. The van der Waals surface area contributed by atoms with Crippen molar-refractivity contribution >= 4 is 40.4 Å². The van der Waals surface area contributed by atoms with Crippen molar-refractivity contribution in [1.82, 2.24) is 4.90 Å². The first-order valence-corrected chi connectivity index (χ1v) is 10.3. The van der Waals surface area contributed by atoms with Crippen LogP contribution in [0.4, 0.5) is 5.69 Å². The van der Waals surface area contributed by atoms with Gasteiger partial charge in [-0.05, 0) is 56.3 Å². The first kappa shape index (κ1) is 19.7. The summed E-state index contributed by atoms with van der Waals surface area (Å²) >= 11 is 7.67. The average Bonchev–Trinajstić information content (AvgIpc) is 3.18. The van der Waals surface area contributed by atoms with Gasteiger partial charge in [0.25, 0.3) is 5.91 Å². The van der Waals surface area contributed by atoms with E-state index in [-0.39, 0.29) is 23.8 Å². The van der Waals surface area contributed by atoms with E-state index in [0.717, 1.165) is 4.88 Å². The summed E-state index contributed by atoms with van der Waals surface area (Å²) in [6, 6.07) is 8.96. The summed E-state index contributed by atoms with van der Waals surface area (Å²) in [7, 11) is 0. The molecule has 0 aliphatic carbocycles. The van der Waals surface area contributed by atoms with Crippen LogP contribution in [0, 0.1) is 5.92 Å². The van der Waals surface area contributed by atoms with E-state index in [9.17, 15) is 9.59 Å². The number of halogens is 1. The maximum absolute atomic E-state index is 12.6. The molecule has 5 nitrogen and oxygen atoms in total. The molecule has 0 unspecified atom stereocenters. The zero-order chi connectivity index (χ0) is 19.4. The van der Waals surface area contributed by atoms with Gasteiger partial charge in [-0.1, -0.05) is 17.7 Å². The lowest BCUT2D eigenvalue weighted by Crippen LogP contribution is -2.41. The fourth-order valence-corrected chi connectivity index (χ4v) is 3.99. The van der Waals surface area contributed by atoms with Crippen molar-refractivity contribution in [1.29, 1.82) is 0 Å². The van der Waals surface area contributed by atoms with Crippen LogP contribution in [0.1, 0.15) is 36.4 Å². The smallest absolute Gasteiger partial charge is 0.263 e. The second-order valence-electron chi connectivity index (χ2n) is 6.84. The number of nitrogens with one attached hydrogen (secondary N) is 1. The van der Waals surface area contributed by atoms with Crippen LogP contribution in [0.15, 0.2) is 35.7 Å². The second-order valence-corrected chi connectivity index (χ2v) is 8.20. The van der Waals surface area contributed by atoms with Gasteiger partial charge in [0.2, 0.25) is 5.91 Å². The Morgan fingerprint density at radius 2 is 2.00 bits per heavy atom. The predicted molar refractivity (Wildman–Crippen MR) is 109 cm³/mol. The molecule has 1 N–H and O–H groups in total. The standard InChI is InChI=1S/C20H23ClN2O3S/c1-13(2)26-17-6-5-15(12-16(17)21)22-19(24)14-7-9-23(10-8-14)20(25)18-4-3-11-27-18/h3-6,11-14H,7-10H2,1-2H3,(H,22,24). The van der Waals surface area contributed by atoms with Crippen molar-refractivity contribution in [3.05, 3.63) is 45.6 Å². The normalized spacial score (nSPS) is 15.0. The van der Waals surface area contributed by atoms with Crippen molar-refractivity contribution in [2.75, 3.05) is 18.4 Å². The van der Waals surface area contributed by atoms with Gasteiger partial charge in [0.1, 0.15) is 5.75 Å². The molecule has 1 aliphatic heterocycles. The highest BCUT2D eigenvalue weighted by Gasteiger charge is 2.28. The fraction of sp³-hybridized carbons (Fsp3) is 0.400. The Morgan fingerprint density at radius 3 is 2.59 bits per heavy atom. The van der Waals surface area contributed by atoms with Crippen LogP contribution in [-0.2, 0) is 4.79 Å². The third kappa shape index (κ3) is 5.02. The zero-order valence-electron chi connectivity index (χ0n) is 15.4. The highest BCUT2D eigenvalue weighted by molar-refractivity contribution is 7.12. The Hall–Kier alpha value is -2.05. The third-order valence-electron chi connectivity index (χ3n) is 4.45. The van der Waals surface area contributed by atoms with Gasteiger partial charge in [-0.2, -0.15) is 0 Å². The summed E-state index contributed by atoms with van der Waals surface area (Å²) < 4.78 is 5.60. The molecule has 0 bridgehead atoms. The Labute approximate surface area is 168 Å². The number of amides is 2. The molecule has 0 radical (unpaired) electrons. The average molecular weight is 407 g/mol. The van der Waals surface area contributed by atoms with E-state index in [1.54, 1.807) is 18.2 Å². The van der Waals surface area contributed by atoms with E-state index in [1.807, 2.05) is 36.3 Å². The highest BCUT2D eigenvalue weighted by Crippen LogP contribution is 2.29. The number of carbonyl (C=O) groups is 2. The van der Waals surface area contributed by atoms with Gasteiger partial charge < -0.3 is 15.0 Å². The number of carbonyl (C=O) groups excluding carboxylic acids is 2. The number of ether oxygens (including phenoxy) is 1. The molecule has 1 aromatic carbocycles. The molecular weight excluding hydrogens is 384 g/mol. The van der Waals surface area contributed by atoms with Crippen LogP contribution in [0.25, 0.3) is 0 Å². The molecule has 3 rings (SSSR count). The maximum Gasteiger partial charge on any atom is 0.263 e. The number of hydrogen-bond donors (Lipinski definition) is 1. The Kier molecular flexibility index (Phi) is 6.39. The largest absolute Gasteiger partial charge is 0.489 e. The van der Waals surface area contributed by atoms with Crippen molar-refractivity contribution in [3.63, 3.8) is 0 Å². The van der Waals surface area contributed by atoms with Crippen LogP contribution in [0.3, 0.4) is 0 Å². The van der Waals surface area contributed by atoms with Gasteiger partial charge in [-0.3, -0.25) is 9.59 Å². The van der Waals surface area contributed by atoms with Gasteiger partial charge >= 0.3 is 0 Å². The van der Waals surface area contributed by atoms with Crippen LogP contribution >= 0.6 is 22.9 Å². The molecule has 1 fully saturated rings. The number of piperidine rings is 1. The SMILES string of the molecule is CC(C)Oc1ccc(NC(=O)C2CCN(C(=O)c3cccs3)CC2)cc1Cl. The van der Waals surface area contributed by atoms with Crippen molar-refractivity contribution in [3.8, 4) is 5.75 Å². The number of rotatable bonds is 5. The Balaban J connectivity index is 1.54. The van der Waals surface area contributed by atoms with Crippen molar-refractivity contribution in [2.45, 2.75) is 32.8 Å². The molecule has 2 aromatic rings. The molecule has 0 atom stereocenters. The van der Waals surface area contributed by atoms with Crippen LogP contribution in [-0.4, -0.2) is 35.9 Å². The lowest BCUT2D eigenvalue weighted by molar-refractivity contribution is -0.121. The van der Waals surface area contributed by atoms with Crippen LogP contribution in [0.5, 0.6) is 5.75 Å². The molecule has 2 heterocycles. The van der Waals surface area contributed by atoms with E-state index in [1.165, 1.54) is 11.3 Å². The molecule has 1 saturated heterocycles. The van der Waals surface area contributed by atoms with Gasteiger partial charge in [0, 0.05) is 24.7 Å². The van der Waals surface area contributed by atoms with Gasteiger partial charge in [-0.15, -0.1) is 11.3 Å². The van der Waals surface area contributed by atoms with E-state index in [0.29, 0.717) is 42.4 Å². The lowest BCUT2D eigenvalue weighted by Gasteiger charge is -2.31. The highest BCUT2D eigenvalue weighted by atomic mass is 35.5. The number of hydrogen-bond acceptors (Lipinski definition) is 4. The van der Waals surface area contributed by atoms with E-state index >= 15 is 0 Å². The summed E-state index contributed by atoms with van der Waals surface area (Å²) in [5, 5.41) is 5.29. The zero-order valence-corrected chi connectivity index (χ0v) is 17.0. The number of benzene rings is 1. The molecule has 27 heavy (non-hydrogen) atoms. The van der Waals surface area contributed by atoms with E-state index in [2.05, 4.69) is 5.32 Å². The summed E-state index contributed by atoms with van der Waals surface area (Å²) in [4.78, 5) is 27.5. The Morgan fingerprint density at radius 1 is 1.26 bits per heavy atom. The summed E-state index contributed by atoms with van der Waals surface area (Å²) in [5.74, 6) is 0.510. The summed E-state index contributed by atoms with van der Waals surface area (Å²) in [5.41, 5.74) is 0.651. The van der Waals surface area contributed by atoms with Crippen LogP contribution in [0.2, 0.25) is 5.02 Å². The maximum atomic E-state index is 12.6. The molecule has 2 amide bonds. The number of nitrogens with zero attached hydrogens (tertiary/aromatic N) is 1. The number of thiophene rings is 1. The van der Waals surface area contributed by atoms with Crippen molar-refractivity contribution in [2.24, 2.45) is 5.92 Å². The predicted octanol–water partition coefficient (Wildman–Crippen LogP) is 4.68. The topological polar surface area (TPSA) is 58.6 Å². The third-order valence-corrected chi connectivity index (χ3v) is 5.60. The number of anilines is 1. The monoisotopic (exact) mass is 406 g/mol. The fourth-order valence-electron chi connectivity index (χ4n) is 3.07. The Bertz CT molecular complexity index is 800. The number of likely N-dealkylation sites (tertiary alicyclic amines) is 1. The quantitative estimate of drug-likeness (QED) is 0.784. The molecule has 1 aromatic heterocycles. The summed E-state index contributed by atoms with van der Waals surface area (Å²) in [6.45, 7) is 5.05. The molecule has 0 saturated carbocycles. The van der Waals surface area contributed by atoms with Crippen molar-refractivity contribution < 1.29 is 14.3 Å². The minimum Gasteiger partial charge on any atom is -0.489 e. The van der Waals surface area contributed by atoms with Crippen LogP contribution < -0.4 is 10.1 Å². The molecular formula is C20H23ClN2O3S. The van der Waals surface area contributed by atoms with E-state index < -0.39 is 0 Å².